The zero-order valence-corrected chi connectivity index (χ0v) is 20.4. The van der Waals surface area contributed by atoms with Gasteiger partial charge in [0.2, 0.25) is 0 Å². The van der Waals surface area contributed by atoms with Crippen molar-refractivity contribution >= 4 is 44.8 Å². The molecule has 2 amide bonds. The van der Waals surface area contributed by atoms with Crippen LogP contribution >= 0.6 is 0 Å². The third-order valence-electron chi connectivity index (χ3n) is 6.92. The number of imide groups is 1. The quantitative estimate of drug-likeness (QED) is 0.355. The first kappa shape index (κ1) is 22.9. The maximum absolute atomic E-state index is 13.1. The molecule has 0 fully saturated rings. The number of benzene rings is 2. The molecule has 0 aliphatic carbocycles. The number of carbonyl (C=O) groups excluding carboxylic acids is 2. The van der Waals surface area contributed by atoms with Crippen molar-refractivity contribution in [2.75, 3.05) is 26.7 Å². The molecule has 0 spiro atoms. The lowest BCUT2D eigenvalue weighted by atomic mass is 9.95. The average molecular weight is 471 g/mol. The van der Waals surface area contributed by atoms with Crippen LogP contribution in [-0.4, -0.2) is 53.0 Å². The Morgan fingerprint density at radius 1 is 0.943 bits per heavy atom. The minimum Gasteiger partial charge on any atom is -0.497 e. The summed E-state index contributed by atoms with van der Waals surface area (Å²) in [6.45, 7) is 8.26. The topological polar surface area (TPSA) is 79.4 Å². The second kappa shape index (κ2) is 9.43. The van der Waals surface area contributed by atoms with E-state index in [4.69, 9.17) is 4.74 Å². The highest BCUT2D eigenvalue weighted by molar-refractivity contribution is 6.50. The summed E-state index contributed by atoms with van der Waals surface area (Å²) in [5.74, 6) is -0.0598. The standard InChI is InChI=1S/C28H30N4O3/c1-4-31(5-2)13-8-14-32-17-22(19-9-6-7-10-24(19)32)26-25(27(33)30-28(26)34)21-16-29-23-12-11-18(35-3)15-20(21)23/h6-7,9-12,15-17,29H,4-5,8,13-14H2,1-3H3,(H,30,33,34). The molecule has 0 atom stereocenters. The van der Waals surface area contributed by atoms with Gasteiger partial charge in [0, 0.05) is 51.9 Å². The summed E-state index contributed by atoms with van der Waals surface area (Å²) in [6, 6.07) is 13.7. The van der Waals surface area contributed by atoms with E-state index in [-0.39, 0.29) is 11.8 Å². The minimum atomic E-state index is -0.382. The highest BCUT2D eigenvalue weighted by atomic mass is 16.5. The highest BCUT2D eigenvalue weighted by Gasteiger charge is 2.35. The number of hydrogen-bond acceptors (Lipinski definition) is 4. The van der Waals surface area contributed by atoms with Gasteiger partial charge in [-0.05, 0) is 50.3 Å². The maximum Gasteiger partial charge on any atom is 0.259 e. The number of rotatable bonds is 9. The van der Waals surface area contributed by atoms with Crippen LogP contribution < -0.4 is 10.1 Å². The van der Waals surface area contributed by atoms with Crippen LogP contribution in [0.1, 0.15) is 31.4 Å². The molecule has 1 aliphatic heterocycles. The number of carbonyl (C=O) groups is 2. The summed E-state index contributed by atoms with van der Waals surface area (Å²) < 4.78 is 7.60. The number of aromatic nitrogens is 2. The number of nitrogens with zero attached hydrogens (tertiary/aromatic N) is 2. The highest BCUT2D eigenvalue weighted by Crippen LogP contribution is 2.39. The summed E-state index contributed by atoms with van der Waals surface area (Å²) >= 11 is 0. The molecule has 0 radical (unpaired) electrons. The number of aromatic amines is 1. The first-order chi connectivity index (χ1) is 17.0. The molecular formula is C28H30N4O3. The van der Waals surface area contributed by atoms with E-state index in [1.807, 2.05) is 42.6 Å². The summed E-state index contributed by atoms with van der Waals surface area (Å²) in [5.41, 5.74) is 4.20. The van der Waals surface area contributed by atoms with Gasteiger partial charge in [0.05, 0.1) is 18.3 Å². The zero-order valence-electron chi connectivity index (χ0n) is 20.4. The summed E-state index contributed by atoms with van der Waals surface area (Å²) in [5, 5.41) is 4.33. The van der Waals surface area contributed by atoms with Crippen molar-refractivity contribution in [1.29, 1.82) is 0 Å². The van der Waals surface area contributed by atoms with Crippen LogP contribution in [0.2, 0.25) is 0 Å². The van der Waals surface area contributed by atoms with Gasteiger partial charge in [0.1, 0.15) is 5.75 Å². The third kappa shape index (κ3) is 4.02. The van der Waals surface area contributed by atoms with Crippen molar-refractivity contribution in [3.05, 3.63) is 66.0 Å². The van der Waals surface area contributed by atoms with Crippen LogP contribution in [0.3, 0.4) is 0 Å². The molecule has 4 aromatic rings. The number of methoxy groups -OCH3 is 1. The Labute approximate surface area is 204 Å². The molecule has 0 saturated heterocycles. The smallest absolute Gasteiger partial charge is 0.259 e. The maximum atomic E-state index is 13.1. The first-order valence-corrected chi connectivity index (χ1v) is 12.1. The van der Waals surface area contributed by atoms with E-state index in [1.165, 1.54) is 0 Å². The second-order valence-electron chi connectivity index (χ2n) is 8.78. The predicted molar refractivity (Wildman–Crippen MR) is 139 cm³/mol. The van der Waals surface area contributed by atoms with Crippen LogP contribution in [0.25, 0.3) is 33.0 Å². The van der Waals surface area contributed by atoms with Gasteiger partial charge in [0.25, 0.3) is 11.8 Å². The molecule has 2 N–H and O–H groups in total. The van der Waals surface area contributed by atoms with Gasteiger partial charge in [-0.1, -0.05) is 32.0 Å². The van der Waals surface area contributed by atoms with Gasteiger partial charge in [-0.25, -0.2) is 0 Å². The number of ether oxygens (including phenoxy) is 1. The van der Waals surface area contributed by atoms with Crippen LogP contribution in [0.4, 0.5) is 0 Å². The van der Waals surface area contributed by atoms with Gasteiger partial charge in [-0.3, -0.25) is 14.9 Å². The fraction of sp³-hybridized carbons (Fsp3) is 0.286. The lowest BCUT2D eigenvalue weighted by Crippen LogP contribution is -2.24. The molecule has 2 aromatic heterocycles. The van der Waals surface area contributed by atoms with Gasteiger partial charge in [-0.15, -0.1) is 0 Å². The van der Waals surface area contributed by atoms with Crippen LogP contribution in [-0.2, 0) is 16.1 Å². The van der Waals surface area contributed by atoms with Gasteiger partial charge in [0.15, 0.2) is 0 Å². The van der Waals surface area contributed by atoms with E-state index < -0.39 is 0 Å². The van der Waals surface area contributed by atoms with Crippen molar-refractivity contribution in [2.24, 2.45) is 0 Å². The van der Waals surface area contributed by atoms with Gasteiger partial charge in [-0.2, -0.15) is 0 Å². The summed E-state index contributed by atoms with van der Waals surface area (Å²) in [7, 11) is 1.61. The number of hydrogen-bond donors (Lipinski definition) is 2. The lowest BCUT2D eigenvalue weighted by molar-refractivity contribution is -0.122. The van der Waals surface area contributed by atoms with Crippen molar-refractivity contribution in [2.45, 2.75) is 26.8 Å². The fourth-order valence-electron chi connectivity index (χ4n) is 5.04. The van der Waals surface area contributed by atoms with Crippen LogP contribution in [0.5, 0.6) is 5.75 Å². The third-order valence-corrected chi connectivity index (χ3v) is 6.92. The van der Waals surface area contributed by atoms with E-state index in [1.54, 1.807) is 13.3 Å². The molecule has 1 aliphatic rings. The Hall–Kier alpha value is -3.84. The monoisotopic (exact) mass is 470 g/mol. The Kier molecular flexibility index (Phi) is 6.17. The molecule has 7 nitrogen and oxygen atoms in total. The predicted octanol–water partition coefficient (Wildman–Crippen LogP) is 4.43. The van der Waals surface area contributed by atoms with Crippen molar-refractivity contribution in [3.63, 3.8) is 0 Å². The van der Waals surface area contributed by atoms with E-state index >= 15 is 0 Å². The Bertz CT molecular complexity index is 1460. The number of H-pyrrole nitrogens is 1. The van der Waals surface area contributed by atoms with E-state index in [2.05, 4.69) is 39.7 Å². The number of fused-ring (bicyclic) bond motifs is 2. The molecular weight excluding hydrogens is 440 g/mol. The van der Waals surface area contributed by atoms with Gasteiger partial charge < -0.3 is 19.2 Å². The largest absolute Gasteiger partial charge is 0.497 e. The molecule has 0 unspecified atom stereocenters. The first-order valence-electron chi connectivity index (χ1n) is 12.1. The molecule has 2 aromatic carbocycles. The number of aryl methyl sites for hydroxylation is 1. The van der Waals surface area contributed by atoms with Crippen LogP contribution in [0, 0.1) is 0 Å². The van der Waals surface area contributed by atoms with E-state index in [0.29, 0.717) is 22.5 Å². The Morgan fingerprint density at radius 2 is 1.69 bits per heavy atom. The van der Waals surface area contributed by atoms with E-state index in [0.717, 1.165) is 60.0 Å². The molecule has 0 bridgehead atoms. The van der Waals surface area contributed by atoms with Crippen molar-refractivity contribution in [1.82, 2.24) is 19.8 Å². The SMILES string of the molecule is CCN(CC)CCCn1cc(C2=C(c3c[nH]c4ccc(OC)cc34)C(=O)NC2=O)c2ccccc21. The summed E-state index contributed by atoms with van der Waals surface area (Å²) in [6.07, 6.45) is 4.82. The van der Waals surface area contributed by atoms with E-state index in [9.17, 15) is 9.59 Å². The van der Waals surface area contributed by atoms with Crippen molar-refractivity contribution in [3.8, 4) is 5.75 Å². The molecule has 0 saturated carbocycles. The van der Waals surface area contributed by atoms with Crippen LogP contribution in [0.15, 0.2) is 54.9 Å². The summed E-state index contributed by atoms with van der Waals surface area (Å²) in [4.78, 5) is 31.8. The Morgan fingerprint density at radius 3 is 2.43 bits per heavy atom. The molecule has 35 heavy (non-hydrogen) atoms. The van der Waals surface area contributed by atoms with Gasteiger partial charge >= 0.3 is 0 Å². The van der Waals surface area contributed by atoms with Crippen molar-refractivity contribution < 1.29 is 14.3 Å². The minimum absolute atomic E-state index is 0.367. The normalized spacial score (nSPS) is 14.1. The Balaban J connectivity index is 1.63. The zero-order chi connectivity index (χ0) is 24.5. The lowest BCUT2D eigenvalue weighted by Gasteiger charge is -2.17. The molecule has 3 heterocycles. The average Bonchev–Trinajstić information content (AvgIpc) is 3.54. The number of para-hydroxylation sites is 1. The second-order valence-corrected chi connectivity index (χ2v) is 8.78. The number of amides is 2. The molecule has 7 heteroatoms. The number of nitrogens with one attached hydrogen (secondary N) is 2. The molecule has 5 rings (SSSR count). The molecule has 180 valence electrons. The fourth-order valence-corrected chi connectivity index (χ4v) is 5.04.